The van der Waals surface area contributed by atoms with E-state index in [1.54, 1.807) is 13.0 Å². The molecule has 2 atom stereocenters. The van der Waals surface area contributed by atoms with Crippen LogP contribution in [0.1, 0.15) is 122 Å². The van der Waals surface area contributed by atoms with E-state index in [9.17, 15) is 14.7 Å². The summed E-state index contributed by atoms with van der Waals surface area (Å²) < 4.78 is 0. The number of benzene rings is 1. The van der Waals surface area contributed by atoms with Crippen molar-refractivity contribution in [1.29, 1.82) is 0 Å². The number of carbonyl (C=O) groups excluding carboxylic acids is 2. The van der Waals surface area contributed by atoms with Gasteiger partial charge < -0.3 is 15.7 Å². The molecule has 2 amide bonds. The quantitative estimate of drug-likeness (QED) is 0.119. The Morgan fingerprint density at radius 2 is 1.25 bits per heavy atom. The molecule has 0 heterocycles. The Bertz CT molecular complexity index is 705. The van der Waals surface area contributed by atoms with Gasteiger partial charge in [0.15, 0.2) is 6.10 Å². The summed E-state index contributed by atoms with van der Waals surface area (Å²) in [5.41, 5.74) is 0.914. The molecule has 0 aromatic heterocycles. The highest BCUT2D eigenvalue weighted by atomic mass is 16.3. The van der Waals surface area contributed by atoms with Crippen molar-refractivity contribution >= 4 is 17.9 Å². The number of hydrogen-bond acceptors (Lipinski definition) is 3. The van der Waals surface area contributed by atoms with Crippen LogP contribution in [0.3, 0.4) is 0 Å². The number of carbonyl (C=O) groups is 2. The lowest BCUT2D eigenvalue weighted by Crippen LogP contribution is -2.48. The SMILES string of the molecule is CCCCCCCCCCCCCCCCCCNC(=O)[C@H](O)[C@H](C)NC(=O)/C=C/c1ccccc1. The number of aliphatic hydroxyl groups excluding tert-OH is 1. The molecule has 0 saturated carbocycles. The predicted molar refractivity (Wildman–Crippen MR) is 152 cm³/mol. The molecule has 0 spiro atoms. The van der Waals surface area contributed by atoms with E-state index in [0.717, 1.165) is 18.4 Å². The van der Waals surface area contributed by atoms with Crippen molar-refractivity contribution in [2.24, 2.45) is 0 Å². The number of amides is 2. The van der Waals surface area contributed by atoms with Gasteiger partial charge in [-0.15, -0.1) is 0 Å². The summed E-state index contributed by atoms with van der Waals surface area (Å²) >= 11 is 0. The highest BCUT2D eigenvalue weighted by Gasteiger charge is 2.22. The third kappa shape index (κ3) is 17.3. The molecule has 0 unspecified atom stereocenters. The molecule has 5 nitrogen and oxygen atoms in total. The van der Waals surface area contributed by atoms with Crippen molar-refractivity contribution < 1.29 is 14.7 Å². The molecule has 5 heteroatoms. The van der Waals surface area contributed by atoms with Crippen LogP contribution in [0.2, 0.25) is 0 Å². The van der Waals surface area contributed by atoms with Gasteiger partial charge in [-0.2, -0.15) is 0 Å². The zero-order valence-corrected chi connectivity index (χ0v) is 23.0. The number of nitrogens with one attached hydrogen (secondary N) is 2. The van der Waals surface area contributed by atoms with E-state index in [1.807, 2.05) is 30.3 Å². The van der Waals surface area contributed by atoms with E-state index < -0.39 is 18.1 Å². The van der Waals surface area contributed by atoms with E-state index in [2.05, 4.69) is 17.6 Å². The number of unbranched alkanes of at least 4 members (excludes halogenated alkanes) is 15. The maximum atomic E-state index is 12.2. The molecule has 36 heavy (non-hydrogen) atoms. The van der Waals surface area contributed by atoms with Crippen LogP contribution in [0.4, 0.5) is 0 Å². The summed E-state index contributed by atoms with van der Waals surface area (Å²) in [5.74, 6) is -0.771. The second kappa shape index (κ2) is 22.1. The van der Waals surface area contributed by atoms with E-state index in [0.29, 0.717) is 6.54 Å². The van der Waals surface area contributed by atoms with Crippen LogP contribution in [0.15, 0.2) is 36.4 Å². The molecule has 204 valence electrons. The fourth-order valence-electron chi connectivity index (χ4n) is 4.30. The molecule has 0 aliphatic carbocycles. The topological polar surface area (TPSA) is 78.4 Å². The fourth-order valence-corrected chi connectivity index (χ4v) is 4.30. The molecular weight excluding hydrogens is 448 g/mol. The van der Waals surface area contributed by atoms with E-state index in [4.69, 9.17) is 0 Å². The lowest BCUT2D eigenvalue weighted by molar-refractivity contribution is -0.131. The van der Waals surface area contributed by atoms with Crippen molar-refractivity contribution in [3.8, 4) is 0 Å². The van der Waals surface area contributed by atoms with Gasteiger partial charge >= 0.3 is 0 Å². The third-order valence-corrected chi connectivity index (χ3v) is 6.67. The van der Waals surface area contributed by atoms with Crippen LogP contribution in [0, 0.1) is 0 Å². The first-order chi connectivity index (χ1) is 17.5. The third-order valence-electron chi connectivity index (χ3n) is 6.67. The van der Waals surface area contributed by atoms with Crippen LogP contribution in [-0.2, 0) is 9.59 Å². The van der Waals surface area contributed by atoms with E-state index >= 15 is 0 Å². The smallest absolute Gasteiger partial charge is 0.250 e. The lowest BCUT2D eigenvalue weighted by atomic mass is 10.0. The Morgan fingerprint density at radius 1 is 0.778 bits per heavy atom. The maximum absolute atomic E-state index is 12.2. The van der Waals surface area contributed by atoms with Gasteiger partial charge in [0.1, 0.15) is 0 Å². The van der Waals surface area contributed by atoms with Crippen molar-refractivity contribution in [3.05, 3.63) is 42.0 Å². The predicted octanol–water partition coefficient (Wildman–Crippen LogP) is 6.94. The zero-order chi connectivity index (χ0) is 26.3. The minimum atomic E-state index is -1.26. The Labute approximate surface area is 220 Å². The molecule has 0 bridgehead atoms. The zero-order valence-electron chi connectivity index (χ0n) is 23.0. The lowest BCUT2D eigenvalue weighted by Gasteiger charge is -2.19. The fraction of sp³-hybridized carbons (Fsp3) is 0.677. The summed E-state index contributed by atoms with van der Waals surface area (Å²) in [6, 6.07) is 8.83. The molecule has 1 aromatic carbocycles. The highest BCUT2D eigenvalue weighted by Crippen LogP contribution is 2.13. The summed E-state index contributed by atoms with van der Waals surface area (Å²) in [7, 11) is 0. The number of hydrogen-bond donors (Lipinski definition) is 3. The normalized spacial score (nSPS) is 13.0. The maximum Gasteiger partial charge on any atom is 0.250 e. The van der Waals surface area contributed by atoms with Crippen LogP contribution in [0.5, 0.6) is 0 Å². The van der Waals surface area contributed by atoms with Crippen molar-refractivity contribution in [2.75, 3.05) is 6.54 Å². The molecule has 3 N–H and O–H groups in total. The first-order valence-electron chi connectivity index (χ1n) is 14.5. The average Bonchev–Trinajstić information content (AvgIpc) is 2.89. The van der Waals surface area contributed by atoms with Crippen LogP contribution in [-0.4, -0.2) is 35.6 Å². The molecule has 1 aromatic rings. The van der Waals surface area contributed by atoms with Gasteiger partial charge in [0.2, 0.25) is 5.91 Å². The Kier molecular flexibility index (Phi) is 19.6. The Morgan fingerprint density at radius 3 is 1.75 bits per heavy atom. The number of aliphatic hydroxyl groups is 1. The first kappa shape index (κ1) is 31.9. The standard InChI is InChI=1S/C31H52N2O3/c1-3-4-5-6-7-8-9-10-11-12-13-14-15-16-17-21-26-32-31(36)30(35)27(2)33-29(34)25-24-28-22-19-18-20-23-28/h18-20,22-25,27,30,35H,3-17,21,26H2,1-2H3,(H,32,36)(H,33,34)/b25-24+/t27-,30+/m0/s1. The van der Waals surface area contributed by atoms with Gasteiger partial charge in [0.05, 0.1) is 6.04 Å². The molecule has 0 radical (unpaired) electrons. The van der Waals surface area contributed by atoms with E-state index in [1.165, 1.54) is 96.0 Å². The second-order valence-corrected chi connectivity index (χ2v) is 10.1. The highest BCUT2D eigenvalue weighted by molar-refractivity contribution is 5.92. The summed E-state index contributed by atoms with van der Waals surface area (Å²) in [6.45, 7) is 4.46. The molecule has 0 aliphatic heterocycles. The van der Waals surface area contributed by atoms with Crippen molar-refractivity contribution in [1.82, 2.24) is 10.6 Å². The molecule has 0 saturated heterocycles. The van der Waals surface area contributed by atoms with Gasteiger partial charge in [0.25, 0.3) is 5.91 Å². The largest absolute Gasteiger partial charge is 0.381 e. The average molecular weight is 501 g/mol. The summed E-state index contributed by atoms with van der Waals surface area (Å²) in [4.78, 5) is 24.2. The number of rotatable bonds is 22. The van der Waals surface area contributed by atoms with Gasteiger partial charge in [-0.05, 0) is 25.0 Å². The molecule has 0 aliphatic rings. The second-order valence-electron chi connectivity index (χ2n) is 10.1. The van der Waals surface area contributed by atoms with Crippen LogP contribution in [0.25, 0.3) is 6.08 Å². The van der Waals surface area contributed by atoms with Gasteiger partial charge in [-0.1, -0.05) is 134 Å². The van der Waals surface area contributed by atoms with Gasteiger partial charge in [0, 0.05) is 12.6 Å². The van der Waals surface area contributed by atoms with Crippen molar-refractivity contribution in [3.63, 3.8) is 0 Å². The monoisotopic (exact) mass is 500 g/mol. The Hall–Kier alpha value is -2.14. The minimum absolute atomic E-state index is 0.337. The minimum Gasteiger partial charge on any atom is -0.381 e. The van der Waals surface area contributed by atoms with Crippen LogP contribution >= 0.6 is 0 Å². The molecule has 0 fully saturated rings. The first-order valence-corrected chi connectivity index (χ1v) is 14.5. The summed E-state index contributed by atoms with van der Waals surface area (Å²) in [5, 5.41) is 15.6. The van der Waals surface area contributed by atoms with E-state index in [-0.39, 0.29) is 5.91 Å². The Balaban J connectivity index is 1.95. The van der Waals surface area contributed by atoms with Crippen molar-refractivity contribution in [2.45, 2.75) is 129 Å². The van der Waals surface area contributed by atoms with Crippen LogP contribution < -0.4 is 10.6 Å². The summed E-state index contributed by atoms with van der Waals surface area (Å²) in [6.07, 6.45) is 22.9. The molecular formula is C31H52N2O3. The molecule has 1 rings (SSSR count). The van der Waals surface area contributed by atoms with Gasteiger partial charge in [-0.3, -0.25) is 9.59 Å². The van der Waals surface area contributed by atoms with Gasteiger partial charge in [-0.25, -0.2) is 0 Å².